The van der Waals surface area contributed by atoms with Gasteiger partial charge in [-0.1, -0.05) is 12.1 Å². The Morgan fingerprint density at radius 1 is 1.05 bits per heavy atom. The molecule has 2 rings (SSSR count). The summed E-state index contributed by atoms with van der Waals surface area (Å²) in [4.78, 5) is 3.81. The Morgan fingerprint density at radius 2 is 1.74 bits per heavy atom. The highest BCUT2D eigenvalue weighted by Gasteiger charge is 2.30. The van der Waals surface area contributed by atoms with E-state index in [1.165, 1.54) is 30.5 Å². The number of hydrogen-bond donors (Lipinski definition) is 0. The molecule has 0 unspecified atom stereocenters. The first kappa shape index (κ1) is 12.9. The molecule has 1 aromatic carbocycles. The third kappa shape index (κ3) is 3.45. The number of hydrogen-bond acceptors (Lipinski definition) is 3. The van der Waals surface area contributed by atoms with Gasteiger partial charge in [0, 0.05) is 6.20 Å². The van der Waals surface area contributed by atoms with E-state index in [0.717, 1.165) is 0 Å². The second-order valence-electron chi connectivity index (χ2n) is 3.61. The lowest BCUT2D eigenvalue weighted by atomic mass is 10.1. The summed E-state index contributed by atoms with van der Waals surface area (Å²) in [6.45, 7) is 0. The molecule has 0 atom stereocenters. The molecule has 0 fully saturated rings. The lowest BCUT2D eigenvalue weighted by Gasteiger charge is -2.09. The van der Waals surface area contributed by atoms with Gasteiger partial charge in [-0.3, -0.25) is 0 Å². The lowest BCUT2D eigenvalue weighted by molar-refractivity contribution is -0.274. The van der Waals surface area contributed by atoms with Crippen molar-refractivity contribution in [3.63, 3.8) is 0 Å². The number of aromatic nitrogens is 1. The minimum Gasteiger partial charge on any atom is -0.406 e. The van der Waals surface area contributed by atoms with Crippen molar-refractivity contribution < 1.29 is 17.9 Å². The van der Waals surface area contributed by atoms with Crippen molar-refractivity contribution in [3.05, 3.63) is 48.3 Å². The maximum Gasteiger partial charge on any atom is 0.573 e. The van der Waals surface area contributed by atoms with E-state index < -0.39 is 6.36 Å². The number of pyridine rings is 1. The molecular weight excluding hydrogens is 257 g/mol. The van der Waals surface area contributed by atoms with Gasteiger partial charge in [0.15, 0.2) is 0 Å². The van der Waals surface area contributed by atoms with Crippen LogP contribution in [0.1, 0.15) is 5.69 Å². The molecular formula is C13H7F3N2O. The normalized spacial score (nSPS) is 10.8. The van der Waals surface area contributed by atoms with Gasteiger partial charge in [0.1, 0.15) is 17.5 Å². The van der Waals surface area contributed by atoms with Crippen molar-refractivity contribution in [2.24, 2.45) is 0 Å². The molecule has 0 radical (unpaired) electrons. The highest BCUT2D eigenvalue weighted by atomic mass is 19.4. The van der Waals surface area contributed by atoms with E-state index in [0.29, 0.717) is 11.1 Å². The van der Waals surface area contributed by atoms with Crippen LogP contribution in [0.4, 0.5) is 13.2 Å². The minimum absolute atomic E-state index is 0.244. The molecule has 96 valence electrons. The molecule has 0 aliphatic rings. The molecule has 0 bridgehead atoms. The fourth-order valence-electron chi connectivity index (χ4n) is 1.52. The van der Waals surface area contributed by atoms with E-state index in [9.17, 15) is 13.2 Å². The van der Waals surface area contributed by atoms with Crippen molar-refractivity contribution in [3.8, 4) is 22.9 Å². The SMILES string of the molecule is N#Cc1cc(-c2ccc(OC(F)(F)F)cc2)ccn1. The minimum atomic E-state index is -4.70. The van der Waals surface area contributed by atoms with Gasteiger partial charge in [0.2, 0.25) is 0 Å². The molecule has 0 spiro atoms. The van der Waals surface area contributed by atoms with Crippen molar-refractivity contribution in [2.45, 2.75) is 6.36 Å². The maximum atomic E-state index is 12.0. The van der Waals surface area contributed by atoms with Gasteiger partial charge in [-0.15, -0.1) is 13.2 Å². The van der Waals surface area contributed by atoms with Gasteiger partial charge >= 0.3 is 6.36 Å². The number of rotatable bonds is 2. The van der Waals surface area contributed by atoms with Gasteiger partial charge in [0.05, 0.1) is 0 Å². The fraction of sp³-hybridized carbons (Fsp3) is 0.0769. The van der Waals surface area contributed by atoms with E-state index in [4.69, 9.17) is 5.26 Å². The summed E-state index contributed by atoms with van der Waals surface area (Å²) in [7, 11) is 0. The number of halogens is 3. The first-order valence-electron chi connectivity index (χ1n) is 5.20. The summed E-state index contributed by atoms with van der Waals surface area (Å²) in [6.07, 6.45) is -3.24. The Hall–Kier alpha value is -2.55. The zero-order valence-electron chi connectivity index (χ0n) is 9.48. The second kappa shape index (κ2) is 4.98. The second-order valence-corrected chi connectivity index (χ2v) is 3.61. The Balaban J connectivity index is 2.25. The topological polar surface area (TPSA) is 45.9 Å². The summed E-state index contributed by atoms with van der Waals surface area (Å²) in [6, 6.07) is 10.5. The molecule has 0 aliphatic heterocycles. The van der Waals surface area contributed by atoms with Crippen LogP contribution in [0.25, 0.3) is 11.1 Å². The third-order valence-electron chi connectivity index (χ3n) is 2.30. The molecule has 1 aromatic heterocycles. The number of nitrogens with zero attached hydrogens (tertiary/aromatic N) is 2. The van der Waals surface area contributed by atoms with Crippen LogP contribution in [0.2, 0.25) is 0 Å². The molecule has 0 amide bonds. The van der Waals surface area contributed by atoms with E-state index >= 15 is 0 Å². The van der Waals surface area contributed by atoms with Crippen LogP contribution in [0.3, 0.4) is 0 Å². The van der Waals surface area contributed by atoms with Crippen LogP contribution >= 0.6 is 0 Å². The van der Waals surface area contributed by atoms with Crippen molar-refractivity contribution in [1.82, 2.24) is 4.98 Å². The predicted molar refractivity (Wildman–Crippen MR) is 61.1 cm³/mol. The molecule has 0 N–H and O–H groups in total. The first-order chi connectivity index (χ1) is 8.98. The first-order valence-corrected chi connectivity index (χ1v) is 5.20. The molecule has 6 heteroatoms. The maximum absolute atomic E-state index is 12.0. The third-order valence-corrected chi connectivity index (χ3v) is 2.30. The quantitative estimate of drug-likeness (QED) is 0.833. The number of alkyl halides is 3. The zero-order valence-corrected chi connectivity index (χ0v) is 9.48. The van der Waals surface area contributed by atoms with Gasteiger partial charge in [-0.25, -0.2) is 4.98 Å². The van der Waals surface area contributed by atoms with Crippen molar-refractivity contribution in [2.75, 3.05) is 0 Å². The van der Waals surface area contributed by atoms with Crippen LogP contribution in [0.15, 0.2) is 42.6 Å². The van der Waals surface area contributed by atoms with E-state index in [-0.39, 0.29) is 11.4 Å². The molecule has 1 heterocycles. The van der Waals surface area contributed by atoms with Gasteiger partial charge in [0.25, 0.3) is 0 Å². The highest BCUT2D eigenvalue weighted by molar-refractivity contribution is 5.64. The van der Waals surface area contributed by atoms with E-state index in [2.05, 4.69) is 9.72 Å². The monoisotopic (exact) mass is 264 g/mol. The summed E-state index contributed by atoms with van der Waals surface area (Å²) < 4.78 is 39.8. The number of benzene rings is 1. The van der Waals surface area contributed by atoms with Gasteiger partial charge in [-0.2, -0.15) is 5.26 Å². The largest absolute Gasteiger partial charge is 0.573 e. The molecule has 3 nitrogen and oxygen atoms in total. The van der Waals surface area contributed by atoms with Crippen LogP contribution < -0.4 is 4.74 Å². The summed E-state index contributed by atoms with van der Waals surface area (Å²) >= 11 is 0. The molecule has 2 aromatic rings. The van der Waals surface area contributed by atoms with E-state index in [1.54, 1.807) is 12.1 Å². The number of ether oxygens (including phenoxy) is 1. The Bertz CT molecular complexity index is 615. The van der Waals surface area contributed by atoms with E-state index in [1.807, 2.05) is 6.07 Å². The summed E-state index contributed by atoms with van der Waals surface area (Å²) in [5.41, 5.74) is 1.62. The Morgan fingerprint density at radius 3 is 2.32 bits per heavy atom. The number of nitriles is 1. The molecule has 0 saturated heterocycles. The summed E-state index contributed by atoms with van der Waals surface area (Å²) in [5, 5.41) is 8.72. The zero-order chi connectivity index (χ0) is 13.9. The Kier molecular flexibility index (Phi) is 3.38. The van der Waals surface area contributed by atoms with Gasteiger partial charge in [-0.05, 0) is 35.4 Å². The average molecular weight is 264 g/mol. The van der Waals surface area contributed by atoms with Crippen molar-refractivity contribution >= 4 is 0 Å². The molecule has 19 heavy (non-hydrogen) atoms. The standard InChI is InChI=1S/C13H7F3N2O/c14-13(15,16)19-12-3-1-9(2-4-12)10-5-6-18-11(7-10)8-17/h1-7H. The van der Waals surface area contributed by atoms with Crippen molar-refractivity contribution in [1.29, 1.82) is 5.26 Å². The van der Waals surface area contributed by atoms with Crippen LogP contribution in [0.5, 0.6) is 5.75 Å². The summed E-state index contributed by atoms with van der Waals surface area (Å²) in [5.74, 6) is -0.286. The average Bonchev–Trinajstić information content (AvgIpc) is 2.38. The molecule has 0 aliphatic carbocycles. The fourth-order valence-corrected chi connectivity index (χ4v) is 1.52. The van der Waals surface area contributed by atoms with Crippen LogP contribution in [-0.2, 0) is 0 Å². The van der Waals surface area contributed by atoms with Crippen LogP contribution in [-0.4, -0.2) is 11.3 Å². The predicted octanol–water partition coefficient (Wildman–Crippen LogP) is 3.52. The lowest BCUT2D eigenvalue weighted by Crippen LogP contribution is -2.16. The Labute approximate surface area is 106 Å². The van der Waals surface area contributed by atoms with Gasteiger partial charge < -0.3 is 4.74 Å². The smallest absolute Gasteiger partial charge is 0.406 e. The molecule has 0 saturated carbocycles. The van der Waals surface area contributed by atoms with Crippen LogP contribution in [0, 0.1) is 11.3 Å². The highest BCUT2D eigenvalue weighted by Crippen LogP contribution is 2.26.